The van der Waals surface area contributed by atoms with Gasteiger partial charge in [0.2, 0.25) is 0 Å². The van der Waals surface area contributed by atoms with E-state index in [-0.39, 0.29) is 0 Å². The van der Waals surface area contributed by atoms with E-state index >= 15 is 0 Å². The zero-order valence-corrected chi connectivity index (χ0v) is 20.4. The summed E-state index contributed by atoms with van der Waals surface area (Å²) in [5.41, 5.74) is 6.00. The number of hydrogen-bond acceptors (Lipinski definition) is 1. The van der Waals surface area contributed by atoms with Crippen molar-refractivity contribution in [2.75, 3.05) is 4.90 Å². The van der Waals surface area contributed by atoms with Crippen LogP contribution in [0.2, 0.25) is 0 Å². The van der Waals surface area contributed by atoms with E-state index in [0.29, 0.717) is 0 Å². The highest BCUT2D eigenvalue weighted by atomic mass is 15.1. The van der Waals surface area contributed by atoms with Crippen LogP contribution in [0.4, 0.5) is 17.1 Å². The van der Waals surface area contributed by atoms with Crippen LogP contribution >= 0.6 is 0 Å². The molecule has 174 valence electrons. The molecule has 0 N–H and O–H groups in total. The molecular formula is C36H25N. The third-order valence-corrected chi connectivity index (χ3v) is 7.19. The van der Waals surface area contributed by atoms with E-state index in [2.05, 4.69) is 157 Å². The monoisotopic (exact) mass is 471 g/mol. The number of para-hydroxylation sites is 2. The molecule has 0 atom stereocenters. The molecule has 0 spiro atoms. The Morgan fingerprint density at radius 3 is 1.38 bits per heavy atom. The van der Waals surface area contributed by atoms with Gasteiger partial charge < -0.3 is 4.90 Å². The fraction of sp³-hybridized carbons (Fsp3) is 0. The van der Waals surface area contributed by atoms with Gasteiger partial charge in [-0.05, 0) is 63.0 Å². The standard InChI is InChI=1S/C36H25N/c1-3-15-29(16-4-1)37(30-17-5-2-6-18-30)36-33-21-11-9-19-31(33)35(32-20-10-12-22-34(32)36)28-24-23-26-13-7-8-14-27(26)25-28/h1-25H. The minimum atomic E-state index is 1.14. The van der Waals surface area contributed by atoms with E-state index in [1.54, 1.807) is 0 Å². The normalized spacial score (nSPS) is 11.2. The summed E-state index contributed by atoms with van der Waals surface area (Å²) in [6, 6.07) is 54.4. The Hall–Kier alpha value is -4.88. The SMILES string of the molecule is c1ccc(N(c2ccccc2)c2c3ccccc3c(-c3ccc4ccccc4c3)c3ccccc23)cc1. The van der Waals surface area contributed by atoms with Crippen molar-refractivity contribution in [3.63, 3.8) is 0 Å². The van der Waals surface area contributed by atoms with Gasteiger partial charge in [-0.3, -0.25) is 0 Å². The van der Waals surface area contributed by atoms with E-state index < -0.39 is 0 Å². The van der Waals surface area contributed by atoms with Crippen molar-refractivity contribution in [2.24, 2.45) is 0 Å². The Labute approximate surface area is 216 Å². The van der Waals surface area contributed by atoms with Crippen molar-refractivity contribution in [3.8, 4) is 11.1 Å². The van der Waals surface area contributed by atoms with E-state index in [1.807, 2.05) is 0 Å². The first-order valence-electron chi connectivity index (χ1n) is 12.7. The largest absolute Gasteiger partial charge is 0.309 e. The summed E-state index contributed by atoms with van der Waals surface area (Å²) in [6.45, 7) is 0. The Bertz CT molecular complexity index is 1770. The van der Waals surface area contributed by atoms with Crippen LogP contribution in [0.5, 0.6) is 0 Å². The van der Waals surface area contributed by atoms with Gasteiger partial charge in [-0.1, -0.05) is 121 Å². The lowest BCUT2D eigenvalue weighted by molar-refractivity contribution is 1.31. The fourth-order valence-corrected chi connectivity index (χ4v) is 5.56. The minimum Gasteiger partial charge on any atom is -0.309 e. The van der Waals surface area contributed by atoms with Gasteiger partial charge in [-0.15, -0.1) is 0 Å². The van der Waals surface area contributed by atoms with Crippen molar-refractivity contribution in [1.29, 1.82) is 0 Å². The lowest BCUT2D eigenvalue weighted by Crippen LogP contribution is -2.11. The Balaban J connectivity index is 1.61. The van der Waals surface area contributed by atoms with Crippen LogP contribution in [0, 0.1) is 0 Å². The molecule has 0 radical (unpaired) electrons. The molecule has 0 aliphatic carbocycles. The highest BCUT2D eigenvalue weighted by Gasteiger charge is 2.21. The number of nitrogens with zero attached hydrogens (tertiary/aromatic N) is 1. The van der Waals surface area contributed by atoms with Gasteiger partial charge in [0.25, 0.3) is 0 Å². The number of rotatable bonds is 4. The predicted molar refractivity (Wildman–Crippen MR) is 159 cm³/mol. The maximum atomic E-state index is 2.40. The molecular weight excluding hydrogens is 446 g/mol. The third kappa shape index (κ3) is 3.64. The second-order valence-electron chi connectivity index (χ2n) is 9.38. The van der Waals surface area contributed by atoms with Crippen molar-refractivity contribution in [3.05, 3.63) is 152 Å². The fourth-order valence-electron chi connectivity index (χ4n) is 5.56. The first-order valence-corrected chi connectivity index (χ1v) is 12.7. The maximum absolute atomic E-state index is 2.40. The Morgan fingerprint density at radius 1 is 0.351 bits per heavy atom. The Kier molecular flexibility index (Phi) is 5.19. The molecule has 0 heterocycles. The quantitative estimate of drug-likeness (QED) is 0.231. The smallest absolute Gasteiger partial charge is 0.0618 e. The van der Waals surface area contributed by atoms with E-state index in [0.717, 1.165) is 11.4 Å². The van der Waals surface area contributed by atoms with Gasteiger partial charge in [-0.25, -0.2) is 0 Å². The second-order valence-corrected chi connectivity index (χ2v) is 9.38. The summed E-state index contributed by atoms with van der Waals surface area (Å²) in [7, 11) is 0. The van der Waals surface area contributed by atoms with Gasteiger partial charge in [0.15, 0.2) is 0 Å². The predicted octanol–water partition coefficient (Wildman–Crippen LogP) is 10.3. The van der Waals surface area contributed by atoms with Crippen LogP contribution in [0.15, 0.2) is 152 Å². The van der Waals surface area contributed by atoms with Crippen LogP contribution in [0.1, 0.15) is 0 Å². The van der Waals surface area contributed by atoms with Crippen LogP contribution in [-0.2, 0) is 0 Å². The third-order valence-electron chi connectivity index (χ3n) is 7.19. The van der Waals surface area contributed by atoms with Gasteiger partial charge in [-0.2, -0.15) is 0 Å². The summed E-state index contributed by atoms with van der Waals surface area (Å²) in [4.78, 5) is 2.40. The summed E-state index contributed by atoms with van der Waals surface area (Å²) in [5.74, 6) is 0. The molecule has 1 nitrogen and oxygen atoms in total. The van der Waals surface area contributed by atoms with Crippen molar-refractivity contribution in [2.45, 2.75) is 0 Å². The first kappa shape index (κ1) is 21.4. The molecule has 0 saturated heterocycles. The highest BCUT2D eigenvalue weighted by molar-refractivity contribution is 6.22. The molecule has 7 aromatic rings. The van der Waals surface area contributed by atoms with E-state index in [4.69, 9.17) is 0 Å². The molecule has 0 unspecified atom stereocenters. The molecule has 37 heavy (non-hydrogen) atoms. The number of benzene rings is 7. The minimum absolute atomic E-state index is 1.14. The Morgan fingerprint density at radius 2 is 0.811 bits per heavy atom. The molecule has 1 heteroatoms. The van der Waals surface area contributed by atoms with E-state index in [1.165, 1.54) is 49.1 Å². The van der Waals surface area contributed by atoms with Crippen LogP contribution < -0.4 is 4.90 Å². The number of fused-ring (bicyclic) bond motifs is 3. The topological polar surface area (TPSA) is 3.24 Å². The second kappa shape index (κ2) is 8.96. The summed E-state index contributed by atoms with van der Waals surface area (Å²) < 4.78 is 0. The van der Waals surface area contributed by atoms with Crippen LogP contribution in [0.25, 0.3) is 43.4 Å². The van der Waals surface area contributed by atoms with Gasteiger partial charge >= 0.3 is 0 Å². The van der Waals surface area contributed by atoms with E-state index in [9.17, 15) is 0 Å². The maximum Gasteiger partial charge on any atom is 0.0618 e. The summed E-state index contributed by atoms with van der Waals surface area (Å²) >= 11 is 0. The molecule has 0 amide bonds. The summed E-state index contributed by atoms with van der Waals surface area (Å²) in [5, 5.41) is 7.49. The first-order chi connectivity index (χ1) is 18.4. The average molecular weight is 472 g/mol. The molecule has 7 rings (SSSR count). The van der Waals surface area contributed by atoms with Crippen molar-refractivity contribution in [1.82, 2.24) is 0 Å². The van der Waals surface area contributed by atoms with Crippen LogP contribution in [0.3, 0.4) is 0 Å². The number of anilines is 3. The molecule has 0 bridgehead atoms. The zero-order chi connectivity index (χ0) is 24.6. The van der Waals surface area contributed by atoms with Crippen molar-refractivity contribution >= 4 is 49.4 Å². The molecule has 0 aromatic heterocycles. The molecule has 0 fully saturated rings. The molecule has 0 saturated carbocycles. The summed E-state index contributed by atoms with van der Waals surface area (Å²) in [6.07, 6.45) is 0. The lowest BCUT2D eigenvalue weighted by Gasteiger charge is -2.29. The molecule has 7 aromatic carbocycles. The zero-order valence-electron chi connectivity index (χ0n) is 20.4. The van der Waals surface area contributed by atoms with Gasteiger partial charge in [0.05, 0.1) is 5.69 Å². The molecule has 0 aliphatic rings. The van der Waals surface area contributed by atoms with Crippen LogP contribution in [-0.4, -0.2) is 0 Å². The molecule has 0 aliphatic heterocycles. The van der Waals surface area contributed by atoms with Gasteiger partial charge in [0.1, 0.15) is 0 Å². The lowest BCUT2D eigenvalue weighted by atomic mass is 9.89. The van der Waals surface area contributed by atoms with Crippen molar-refractivity contribution < 1.29 is 0 Å². The van der Waals surface area contributed by atoms with Gasteiger partial charge in [0, 0.05) is 22.1 Å². The highest BCUT2D eigenvalue weighted by Crippen LogP contribution is 2.48. The number of hydrogen-bond donors (Lipinski definition) is 0. The average Bonchev–Trinajstić information content (AvgIpc) is 2.98.